The van der Waals surface area contributed by atoms with Crippen LogP contribution in [0.3, 0.4) is 0 Å². The van der Waals surface area contributed by atoms with Crippen molar-refractivity contribution >= 4 is 27.6 Å². The molecule has 1 atom stereocenters. The fraction of sp³-hybridized carbons (Fsp3) is 0.333. The van der Waals surface area contributed by atoms with Crippen LogP contribution in [-0.4, -0.2) is 62.4 Å². The number of benzene rings is 2. The van der Waals surface area contributed by atoms with Gasteiger partial charge in [-0.05, 0) is 61.4 Å². The smallest absolute Gasteiger partial charge is 0.317 e. The van der Waals surface area contributed by atoms with Gasteiger partial charge in [-0.3, -0.25) is 9.52 Å². The lowest BCUT2D eigenvalue weighted by Crippen LogP contribution is -2.50. The third kappa shape index (κ3) is 4.63. The van der Waals surface area contributed by atoms with Crippen LogP contribution >= 0.6 is 0 Å². The Morgan fingerprint density at radius 1 is 1.06 bits per heavy atom. The predicted molar refractivity (Wildman–Crippen MR) is 113 cm³/mol. The van der Waals surface area contributed by atoms with Gasteiger partial charge in [0.05, 0.1) is 10.9 Å². The summed E-state index contributed by atoms with van der Waals surface area (Å²) in [7, 11) is -3.87. The summed E-state index contributed by atoms with van der Waals surface area (Å²) in [5.41, 5.74) is 0.624. The third-order valence-corrected chi connectivity index (χ3v) is 6.92. The van der Waals surface area contributed by atoms with E-state index in [9.17, 15) is 22.4 Å². The van der Waals surface area contributed by atoms with Gasteiger partial charge in [0.2, 0.25) is 0 Å². The van der Waals surface area contributed by atoms with E-state index in [-0.39, 0.29) is 28.6 Å². The van der Waals surface area contributed by atoms with E-state index < -0.39 is 15.8 Å². The molecule has 8 nitrogen and oxygen atoms in total. The Kier molecular flexibility index (Phi) is 5.81. The van der Waals surface area contributed by atoms with Crippen molar-refractivity contribution in [2.45, 2.75) is 23.8 Å². The van der Waals surface area contributed by atoms with Gasteiger partial charge >= 0.3 is 6.03 Å². The number of nitrogens with zero attached hydrogens (tertiary/aromatic N) is 2. The second-order valence-corrected chi connectivity index (χ2v) is 9.29. The Balaban J connectivity index is 1.44. The minimum atomic E-state index is -3.87. The van der Waals surface area contributed by atoms with Gasteiger partial charge in [0.25, 0.3) is 15.9 Å². The molecule has 0 aromatic heterocycles. The lowest BCUT2D eigenvalue weighted by molar-refractivity contribution is 0.0634. The van der Waals surface area contributed by atoms with Crippen LogP contribution in [0, 0.1) is 5.82 Å². The summed E-state index contributed by atoms with van der Waals surface area (Å²) in [5, 5.41) is 2.79. The maximum absolute atomic E-state index is 13.0. The van der Waals surface area contributed by atoms with E-state index in [0.717, 1.165) is 25.0 Å². The first-order valence-electron chi connectivity index (χ1n) is 10.1. The summed E-state index contributed by atoms with van der Waals surface area (Å²) in [5.74, 6) is -0.657. The van der Waals surface area contributed by atoms with Crippen LogP contribution in [0.15, 0.2) is 53.4 Å². The van der Waals surface area contributed by atoms with Crippen LogP contribution in [0.4, 0.5) is 14.9 Å². The van der Waals surface area contributed by atoms with Crippen LogP contribution < -0.4 is 10.0 Å². The summed E-state index contributed by atoms with van der Waals surface area (Å²) in [6.07, 6.45) is 1.65. The minimum absolute atomic E-state index is 0.00127. The van der Waals surface area contributed by atoms with Crippen LogP contribution in [0.25, 0.3) is 0 Å². The zero-order chi connectivity index (χ0) is 22.0. The van der Waals surface area contributed by atoms with E-state index >= 15 is 0 Å². The van der Waals surface area contributed by atoms with Crippen molar-refractivity contribution in [2.24, 2.45) is 0 Å². The number of halogens is 1. The fourth-order valence-corrected chi connectivity index (χ4v) is 4.98. The largest absolute Gasteiger partial charge is 0.337 e. The molecule has 0 saturated carbocycles. The quantitative estimate of drug-likeness (QED) is 0.736. The lowest BCUT2D eigenvalue weighted by Gasteiger charge is -2.37. The van der Waals surface area contributed by atoms with Crippen LogP contribution in [0.1, 0.15) is 23.2 Å². The van der Waals surface area contributed by atoms with Crippen molar-refractivity contribution in [3.63, 3.8) is 0 Å². The lowest BCUT2D eigenvalue weighted by atomic mass is 10.0. The van der Waals surface area contributed by atoms with Crippen molar-refractivity contribution < 1.29 is 22.4 Å². The summed E-state index contributed by atoms with van der Waals surface area (Å²) in [4.78, 5) is 28.3. The second-order valence-electron chi connectivity index (χ2n) is 7.61. The number of sulfonamides is 1. The molecular formula is C21H23FN4O4S. The van der Waals surface area contributed by atoms with Crippen molar-refractivity contribution in [1.29, 1.82) is 0 Å². The molecule has 2 aliphatic rings. The van der Waals surface area contributed by atoms with Crippen LogP contribution in [0.5, 0.6) is 0 Å². The Morgan fingerprint density at radius 2 is 1.77 bits per heavy atom. The number of likely N-dealkylation sites (tertiary alicyclic amines) is 1. The average molecular weight is 447 g/mol. The Morgan fingerprint density at radius 3 is 2.42 bits per heavy atom. The summed E-state index contributed by atoms with van der Waals surface area (Å²) < 4.78 is 40.5. The molecule has 2 aromatic carbocycles. The molecular weight excluding hydrogens is 423 g/mol. The molecule has 2 fully saturated rings. The SMILES string of the molecule is O=C(c1ccc(S(=O)(=O)Nc2ccc(F)cc2)cc1)N1CCC[C@@H](N2CCNC2=O)C1. The van der Waals surface area contributed by atoms with E-state index in [4.69, 9.17) is 0 Å². The summed E-state index contributed by atoms with van der Waals surface area (Å²) >= 11 is 0. The number of piperidine rings is 1. The van der Waals surface area contributed by atoms with E-state index in [1.807, 2.05) is 0 Å². The maximum Gasteiger partial charge on any atom is 0.317 e. The van der Waals surface area contributed by atoms with Gasteiger partial charge in [-0.25, -0.2) is 17.6 Å². The highest BCUT2D eigenvalue weighted by Crippen LogP contribution is 2.21. The number of carbonyl (C=O) groups is 2. The van der Waals surface area contributed by atoms with E-state index in [1.165, 1.54) is 36.4 Å². The molecule has 4 rings (SSSR count). The average Bonchev–Trinajstić information content (AvgIpc) is 3.21. The normalized spacial score (nSPS) is 19.3. The molecule has 2 aliphatic heterocycles. The molecule has 2 N–H and O–H groups in total. The molecule has 0 spiro atoms. The Labute approximate surface area is 180 Å². The molecule has 0 unspecified atom stereocenters. The molecule has 2 aromatic rings. The first kappa shape index (κ1) is 21.1. The summed E-state index contributed by atoms with van der Waals surface area (Å²) in [6, 6.07) is 10.6. The number of hydrogen-bond donors (Lipinski definition) is 2. The van der Waals surface area contributed by atoms with E-state index in [2.05, 4.69) is 10.0 Å². The van der Waals surface area contributed by atoms with Gasteiger partial charge in [-0.2, -0.15) is 0 Å². The van der Waals surface area contributed by atoms with Crippen molar-refractivity contribution in [3.05, 3.63) is 59.9 Å². The van der Waals surface area contributed by atoms with Crippen molar-refractivity contribution in [1.82, 2.24) is 15.1 Å². The number of urea groups is 1. The van der Waals surface area contributed by atoms with Crippen molar-refractivity contribution in [3.8, 4) is 0 Å². The van der Waals surface area contributed by atoms with Gasteiger partial charge in [0.15, 0.2) is 0 Å². The van der Waals surface area contributed by atoms with Crippen molar-refractivity contribution in [2.75, 3.05) is 30.9 Å². The number of rotatable bonds is 5. The first-order valence-corrected chi connectivity index (χ1v) is 11.5. The molecule has 3 amide bonds. The van der Waals surface area contributed by atoms with Gasteiger partial charge in [0, 0.05) is 37.4 Å². The van der Waals surface area contributed by atoms with E-state index in [0.29, 0.717) is 31.7 Å². The molecule has 2 heterocycles. The van der Waals surface area contributed by atoms with Crippen LogP contribution in [0.2, 0.25) is 0 Å². The van der Waals surface area contributed by atoms with Gasteiger partial charge in [0.1, 0.15) is 5.82 Å². The number of nitrogens with one attached hydrogen (secondary N) is 2. The second kappa shape index (κ2) is 8.54. The molecule has 0 radical (unpaired) electrons. The topological polar surface area (TPSA) is 98.8 Å². The maximum atomic E-state index is 13.0. The standard InChI is InChI=1S/C21H23FN4O4S/c22-16-5-7-17(8-6-16)24-31(29,30)19-9-3-15(4-10-19)20(27)25-12-1-2-18(14-25)26-13-11-23-21(26)28/h3-10,18,24H,1-2,11-14H2,(H,23,28)/t18-/m1/s1. The van der Waals surface area contributed by atoms with Gasteiger partial charge in [-0.1, -0.05) is 0 Å². The number of anilines is 1. The number of amides is 3. The number of carbonyl (C=O) groups excluding carboxylic acids is 2. The Hall–Kier alpha value is -3.14. The zero-order valence-corrected chi connectivity index (χ0v) is 17.6. The number of hydrogen-bond acceptors (Lipinski definition) is 4. The molecule has 31 heavy (non-hydrogen) atoms. The Bertz CT molecular complexity index is 1070. The highest BCUT2D eigenvalue weighted by molar-refractivity contribution is 7.92. The van der Waals surface area contributed by atoms with Crippen LogP contribution in [-0.2, 0) is 10.0 Å². The fourth-order valence-electron chi connectivity index (χ4n) is 3.92. The van der Waals surface area contributed by atoms with Gasteiger partial charge in [-0.15, -0.1) is 0 Å². The predicted octanol–water partition coefficient (Wildman–Crippen LogP) is 2.26. The summed E-state index contributed by atoms with van der Waals surface area (Å²) in [6.45, 7) is 2.31. The molecule has 0 aliphatic carbocycles. The highest BCUT2D eigenvalue weighted by atomic mass is 32.2. The third-order valence-electron chi connectivity index (χ3n) is 5.52. The van der Waals surface area contributed by atoms with Gasteiger partial charge < -0.3 is 15.1 Å². The molecule has 0 bridgehead atoms. The highest BCUT2D eigenvalue weighted by Gasteiger charge is 2.33. The first-order chi connectivity index (χ1) is 14.8. The van der Waals surface area contributed by atoms with E-state index in [1.54, 1.807) is 9.80 Å². The molecule has 164 valence electrons. The zero-order valence-electron chi connectivity index (χ0n) is 16.8. The molecule has 2 saturated heterocycles. The monoisotopic (exact) mass is 446 g/mol. The minimum Gasteiger partial charge on any atom is -0.337 e. The molecule has 10 heteroatoms.